The fourth-order valence-corrected chi connectivity index (χ4v) is 1.88. The quantitative estimate of drug-likeness (QED) is 0.368. The van der Waals surface area contributed by atoms with Crippen molar-refractivity contribution in [3.8, 4) is 11.5 Å². The Labute approximate surface area is 134 Å². The van der Waals surface area contributed by atoms with Gasteiger partial charge in [0.25, 0.3) is 0 Å². The van der Waals surface area contributed by atoms with Gasteiger partial charge in [-0.2, -0.15) is 0 Å². The van der Waals surface area contributed by atoms with E-state index >= 15 is 0 Å². The molecule has 2 aromatic carbocycles. The fourth-order valence-electron chi connectivity index (χ4n) is 1.74. The first-order valence-electron chi connectivity index (χ1n) is 7.03. The van der Waals surface area contributed by atoms with Crippen LogP contribution in [-0.2, 0) is 0 Å². The van der Waals surface area contributed by atoms with Gasteiger partial charge in [-0.25, -0.2) is 9.18 Å². The van der Waals surface area contributed by atoms with Gasteiger partial charge in [-0.15, -0.1) is 12.6 Å². The Morgan fingerprint density at radius 2 is 1.82 bits per heavy atom. The molecule has 0 aliphatic carbocycles. The van der Waals surface area contributed by atoms with Crippen LogP contribution in [0.1, 0.15) is 30.1 Å². The number of halogens is 1. The van der Waals surface area contributed by atoms with E-state index in [0.29, 0.717) is 17.9 Å². The summed E-state index contributed by atoms with van der Waals surface area (Å²) >= 11 is 3.92. The van der Waals surface area contributed by atoms with Crippen LogP contribution in [0.15, 0.2) is 47.4 Å². The Balaban J connectivity index is 1.98. The standard InChI is InChI=1S/C17H17FO3S/c1-2-3-10-20-13-6-4-12(5-7-13)17(19)21-14-8-9-16(22)15(18)11-14/h4-9,11,22H,2-3,10H2,1H3. The number of thiol groups is 1. The first-order valence-corrected chi connectivity index (χ1v) is 7.48. The predicted molar refractivity (Wildman–Crippen MR) is 85.5 cm³/mol. The molecule has 0 fully saturated rings. The summed E-state index contributed by atoms with van der Waals surface area (Å²) in [4.78, 5) is 12.2. The number of benzene rings is 2. The highest BCUT2D eigenvalue weighted by Crippen LogP contribution is 2.20. The third-order valence-corrected chi connectivity index (χ3v) is 3.35. The Bertz CT molecular complexity index is 641. The van der Waals surface area contributed by atoms with Crippen molar-refractivity contribution in [3.05, 3.63) is 53.8 Å². The summed E-state index contributed by atoms with van der Waals surface area (Å²) in [6, 6.07) is 10.7. The molecule has 0 unspecified atom stereocenters. The van der Waals surface area contributed by atoms with Gasteiger partial charge in [0.2, 0.25) is 0 Å². The van der Waals surface area contributed by atoms with E-state index in [1.807, 2.05) is 0 Å². The second-order valence-corrected chi connectivity index (χ2v) is 5.21. The molecule has 0 bridgehead atoms. The molecule has 0 aliphatic rings. The van der Waals surface area contributed by atoms with Crippen LogP contribution in [0.5, 0.6) is 11.5 Å². The van der Waals surface area contributed by atoms with Crippen molar-refractivity contribution in [3.63, 3.8) is 0 Å². The molecule has 3 nitrogen and oxygen atoms in total. The van der Waals surface area contributed by atoms with Gasteiger partial charge in [-0.1, -0.05) is 13.3 Å². The van der Waals surface area contributed by atoms with Gasteiger partial charge in [0.1, 0.15) is 17.3 Å². The Morgan fingerprint density at radius 3 is 2.45 bits per heavy atom. The number of esters is 1. The molecular formula is C17H17FO3S. The molecular weight excluding hydrogens is 303 g/mol. The molecule has 116 valence electrons. The molecule has 0 amide bonds. The smallest absolute Gasteiger partial charge is 0.343 e. The average molecular weight is 320 g/mol. The lowest BCUT2D eigenvalue weighted by molar-refractivity contribution is 0.0734. The van der Waals surface area contributed by atoms with Crippen LogP contribution < -0.4 is 9.47 Å². The third kappa shape index (κ3) is 4.49. The summed E-state index contributed by atoms with van der Waals surface area (Å²) in [6.07, 6.45) is 2.04. The molecule has 22 heavy (non-hydrogen) atoms. The molecule has 0 saturated carbocycles. The normalized spacial score (nSPS) is 10.3. The largest absolute Gasteiger partial charge is 0.494 e. The lowest BCUT2D eigenvalue weighted by Crippen LogP contribution is -2.08. The first-order chi connectivity index (χ1) is 10.6. The zero-order chi connectivity index (χ0) is 15.9. The average Bonchev–Trinajstić information content (AvgIpc) is 2.52. The van der Waals surface area contributed by atoms with Crippen molar-refractivity contribution in [2.45, 2.75) is 24.7 Å². The van der Waals surface area contributed by atoms with Crippen LogP contribution in [0.25, 0.3) is 0 Å². The number of hydrogen-bond donors (Lipinski definition) is 1. The maximum absolute atomic E-state index is 13.3. The predicted octanol–water partition coefficient (Wildman–Crippen LogP) is 4.51. The van der Waals surface area contributed by atoms with Crippen molar-refractivity contribution in [1.29, 1.82) is 0 Å². The molecule has 0 heterocycles. The van der Waals surface area contributed by atoms with Crippen molar-refractivity contribution in [1.82, 2.24) is 0 Å². The SMILES string of the molecule is CCCCOc1ccc(C(=O)Oc2ccc(S)c(F)c2)cc1. The van der Waals surface area contributed by atoms with E-state index in [9.17, 15) is 9.18 Å². The van der Waals surface area contributed by atoms with Crippen LogP contribution in [0.4, 0.5) is 4.39 Å². The molecule has 0 atom stereocenters. The van der Waals surface area contributed by atoms with E-state index in [1.165, 1.54) is 12.1 Å². The summed E-state index contributed by atoms with van der Waals surface area (Å²) in [7, 11) is 0. The topological polar surface area (TPSA) is 35.5 Å². The van der Waals surface area contributed by atoms with Crippen LogP contribution in [0, 0.1) is 5.82 Å². The van der Waals surface area contributed by atoms with E-state index in [2.05, 4.69) is 19.6 Å². The third-order valence-electron chi connectivity index (χ3n) is 2.99. The van der Waals surface area contributed by atoms with Gasteiger partial charge in [-0.05, 0) is 42.8 Å². The van der Waals surface area contributed by atoms with Gasteiger partial charge >= 0.3 is 5.97 Å². The Morgan fingerprint density at radius 1 is 1.14 bits per heavy atom. The lowest BCUT2D eigenvalue weighted by Gasteiger charge is -2.07. The maximum Gasteiger partial charge on any atom is 0.343 e. The number of rotatable bonds is 6. The summed E-state index contributed by atoms with van der Waals surface area (Å²) in [5.41, 5.74) is 0.373. The summed E-state index contributed by atoms with van der Waals surface area (Å²) < 4.78 is 24.0. The summed E-state index contributed by atoms with van der Waals surface area (Å²) in [6.45, 7) is 2.74. The van der Waals surface area contributed by atoms with E-state index < -0.39 is 11.8 Å². The van der Waals surface area contributed by atoms with Crippen LogP contribution in [-0.4, -0.2) is 12.6 Å². The van der Waals surface area contributed by atoms with E-state index in [-0.39, 0.29) is 10.6 Å². The van der Waals surface area contributed by atoms with E-state index in [4.69, 9.17) is 9.47 Å². The fraction of sp³-hybridized carbons (Fsp3) is 0.235. The maximum atomic E-state index is 13.3. The Hall–Kier alpha value is -2.01. The van der Waals surface area contributed by atoms with Gasteiger partial charge < -0.3 is 9.47 Å². The van der Waals surface area contributed by atoms with Gasteiger partial charge in [0, 0.05) is 11.0 Å². The molecule has 0 aromatic heterocycles. The number of carbonyl (C=O) groups is 1. The summed E-state index contributed by atoms with van der Waals surface area (Å²) in [5, 5.41) is 0. The summed E-state index contributed by atoms with van der Waals surface area (Å²) in [5.74, 6) is -0.237. The number of carbonyl (C=O) groups excluding carboxylic acids is 1. The lowest BCUT2D eigenvalue weighted by atomic mass is 10.2. The molecule has 0 radical (unpaired) electrons. The van der Waals surface area contributed by atoms with Gasteiger partial charge in [-0.3, -0.25) is 0 Å². The van der Waals surface area contributed by atoms with Crippen LogP contribution >= 0.6 is 12.6 Å². The first kappa shape index (κ1) is 16.4. The molecule has 0 saturated heterocycles. The highest BCUT2D eigenvalue weighted by molar-refractivity contribution is 7.80. The molecule has 5 heteroatoms. The minimum atomic E-state index is -0.550. The van der Waals surface area contributed by atoms with Crippen molar-refractivity contribution < 1.29 is 18.7 Å². The van der Waals surface area contributed by atoms with Crippen LogP contribution in [0.3, 0.4) is 0 Å². The second kappa shape index (κ2) is 7.84. The molecule has 0 N–H and O–H groups in total. The number of ether oxygens (including phenoxy) is 2. The highest BCUT2D eigenvalue weighted by atomic mass is 32.1. The molecule has 2 rings (SSSR count). The van der Waals surface area contributed by atoms with Crippen molar-refractivity contribution >= 4 is 18.6 Å². The monoisotopic (exact) mass is 320 g/mol. The van der Waals surface area contributed by atoms with Crippen molar-refractivity contribution in [2.24, 2.45) is 0 Å². The minimum Gasteiger partial charge on any atom is -0.494 e. The molecule has 0 spiro atoms. The minimum absolute atomic E-state index is 0.142. The number of unbranched alkanes of at least 4 members (excludes halogenated alkanes) is 1. The number of hydrogen-bond acceptors (Lipinski definition) is 4. The van der Waals surface area contributed by atoms with Crippen molar-refractivity contribution in [2.75, 3.05) is 6.61 Å². The van der Waals surface area contributed by atoms with Gasteiger partial charge in [0.15, 0.2) is 0 Å². The van der Waals surface area contributed by atoms with E-state index in [1.54, 1.807) is 24.3 Å². The molecule has 0 aliphatic heterocycles. The zero-order valence-corrected chi connectivity index (χ0v) is 13.1. The van der Waals surface area contributed by atoms with E-state index in [0.717, 1.165) is 18.9 Å². The highest BCUT2D eigenvalue weighted by Gasteiger charge is 2.10. The van der Waals surface area contributed by atoms with Crippen LogP contribution in [0.2, 0.25) is 0 Å². The zero-order valence-electron chi connectivity index (χ0n) is 12.2. The second-order valence-electron chi connectivity index (χ2n) is 4.73. The van der Waals surface area contributed by atoms with Gasteiger partial charge in [0.05, 0.1) is 12.2 Å². The Kier molecular flexibility index (Phi) is 5.83. The molecule has 2 aromatic rings.